The second-order valence-electron chi connectivity index (χ2n) is 16.1. The third-order valence-corrected chi connectivity index (χ3v) is 10.6. The van der Waals surface area contributed by atoms with Gasteiger partial charge in [-0.25, -0.2) is 0 Å². The molecule has 0 saturated heterocycles. The van der Waals surface area contributed by atoms with E-state index in [1.54, 1.807) is 6.08 Å². The van der Waals surface area contributed by atoms with Gasteiger partial charge in [-0.2, -0.15) is 0 Å². The van der Waals surface area contributed by atoms with Crippen LogP contribution in [0.2, 0.25) is 0 Å². The second-order valence-corrected chi connectivity index (χ2v) is 16.1. The highest BCUT2D eigenvalue weighted by Crippen LogP contribution is 2.14. The zero-order chi connectivity index (χ0) is 40.1. The number of unbranched alkanes of at least 4 members (excludes halogenated alkanes) is 28. The van der Waals surface area contributed by atoms with Crippen LogP contribution in [0.1, 0.15) is 239 Å². The normalized spacial score (nSPS) is 13.0. The highest BCUT2D eigenvalue weighted by molar-refractivity contribution is 5.76. The molecule has 1 amide bonds. The summed E-state index contributed by atoms with van der Waals surface area (Å²) in [6.07, 6.45) is 52.8. The first-order valence-electron chi connectivity index (χ1n) is 23.8. The van der Waals surface area contributed by atoms with Gasteiger partial charge in [0.1, 0.15) is 0 Å². The lowest BCUT2D eigenvalue weighted by atomic mass is 10.0. The smallest absolute Gasteiger partial charge is 0.305 e. The minimum Gasteiger partial charge on any atom is -0.466 e. The van der Waals surface area contributed by atoms with Gasteiger partial charge in [-0.05, 0) is 83.5 Å². The van der Waals surface area contributed by atoms with Gasteiger partial charge in [0.25, 0.3) is 0 Å². The highest BCUT2D eigenvalue weighted by Gasteiger charge is 2.18. The first-order chi connectivity index (χ1) is 27.0. The molecular weight excluding hydrogens is 683 g/mol. The van der Waals surface area contributed by atoms with E-state index in [9.17, 15) is 19.8 Å². The summed E-state index contributed by atoms with van der Waals surface area (Å²) >= 11 is 0. The van der Waals surface area contributed by atoms with E-state index in [0.717, 1.165) is 77.0 Å². The first-order valence-corrected chi connectivity index (χ1v) is 23.8. The van der Waals surface area contributed by atoms with Crippen molar-refractivity contribution in [2.45, 2.75) is 251 Å². The fourth-order valence-electron chi connectivity index (χ4n) is 6.91. The summed E-state index contributed by atoms with van der Waals surface area (Å²) in [4.78, 5) is 24.4. The molecule has 2 atom stereocenters. The van der Waals surface area contributed by atoms with Gasteiger partial charge in [0.2, 0.25) is 5.91 Å². The van der Waals surface area contributed by atoms with E-state index in [2.05, 4.69) is 43.5 Å². The number of hydrogen-bond acceptors (Lipinski definition) is 5. The summed E-state index contributed by atoms with van der Waals surface area (Å²) in [6.45, 7) is 4.77. The van der Waals surface area contributed by atoms with Crippen molar-refractivity contribution in [1.29, 1.82) is 0 Å². The monoisotopic (exact) mass is 774 g/mol. The summed E-state index contributed by atoms with van der Waals surface area (Å²) in [5.41, 5.74) is 0. The summed E-state index contributed by atoms with van der Waals surface area (Å²) in [5.74, 6) is -0.154. The molecule has 2 unspecified atom stereocenters. The van der Waals surface area contributed by atoms with Gasteiger partial charge >= 0.3 is 5.97 Å². The molecule has 6 nitrogen and oxygen atoms in total. The molecule has 3 N–H and O–H groups in total. The third-order valence-electron chi connectivity index (χ3n) is 10.6. The molecule has 0 fully saturated rings. The van der Waals surface area contributed by atoms with Crippen molar-refractivity contribution in [2.24, 2.45) is 0 Å². The van der Waals surface area contributed by atoms with Gasteiger partial charge in [0.05, 0.1) is 25.4 Å². The number of amides is 1. The van der Waals surface area contributed by atoms with E-state index >= 15 is 0 Å². The Morgan fingerprint density at radius 3 is 1.33 bits per heavy atom. The Morgan fingerprint density at radius 1 is 0.491 bits per heavy atom. The predicted octanol–water partition coefficient (Wildman–Crippen LogP) is 13.7. The van der Waals surface area contributed by atoms with Gasteiger partial charge in [-0.15, -0.1) is 0 Å². The maximum absolute atomic E-state index is 12.4. The minimum absolute atomic E-state index is 0.0493. The lowest BCUT2D eigenvalue weighted by molar-refractivity contribution is -0.143. The van der Waals surface area contributed by atoms with Crippen LogP contribution in [0, 0.1) is 0 Å². The molecule has 6 heteroatoms. The maximum atomic E-state index is 12.4. The minimum atomic E-state index is -0.866. The number of carbonyl (C=O) groups excluding carboxylic acids is 2. The van der Waals surface area contributed by atoms with Crippen molar-refractivity contribution in [3.8, 4) is 0 Å². The molecule has 0 aliphatic carbocycles. The third kappa shape index (κ3) is 41.5. The van der Waals surface area contributed by atoms with Crippen molar-refractivity contribution in [1.82, 2.24) is 5.32 Å². The van der Waals surface area contributed by atoms with Crippen molar-refractivity contribution in [3.05, 3.63) is 36.5 Å². The zero-order valence-corrected chi connectivity index (χ0v) is 36.4. The largest absolute Gasteiger partial charge is 0.466 e. The van der Waals surface area contributed by atoms with Crippen molar-refractivity contribution in [2.75, 3.05) is 13.2 Å². The molecule has 0 aromatic carbocycles. The van der Waals surface area contributed by atoms with Crippen LogP contribution in [0.25, 0.3) is 0 Å². The van der Waals surface area contributed by atoms with Gasteiger partial charge in [0, 0.05) is 12.8 Å². The number of allylic oxidation sites excluding steroid dienone is 5. The molecule has 0 saturated carbocycles. The Kier molecular flexibility index (Phi) is 43.2. The first kappa shape index (κ1) is 53.1. The van der Waals surface area contributed by atoms with Crippen LogP contribution in [-0.4, -0.2) is 47.4 Å². The quantitative estimate of drug-likeness (QED) is 0.0326. The molecule has 0 radical (unpaired) electrons. The van der Waals surface area contributed by atoms with Crippen LogP contribution in [-0.2, 0) is 14.3 Å². The average Bonchev–Trinajstić information content (AvgIpc) is 3.18. The van der Waals surface area contributed by atoms with Crippen LogP contribution in [0.4, 0.5) is 0 Å². The van der Waals surface area contributed by atoms with Crippen LogP contribution in [0.15, 0.2) is 36.5 Å². The fraction of sp³-hybridized carbons (Fsp3) is 0.837. The Balaban J connectivity index is 3.60. The average molecular weight is 774 g/mol. The zero-order valence-electron chi connectivity index (χ0n) is 36.4. The second kappa shape index (κ2) is 44.8. The summed E-state index contributed by atoms with van der Waals surface area (Å²) < 4.78 is 5.41. The Morgan fingerprint density at radius 2 is 0.855 bits per heavy atom. The molecule has 0 bridgehead atoms. The van der Waals surface area contributed by atoms with E-state index in [4.69, 9.17) is 4.74 Å². The lowest BCUT2D eigenvalue weighted by Gasteiger charge is -2.20. The van der Waals surface area contributed by atoms with E-state index in [1.165, 1.54) is 135 Å². The van der Waals surface area contributed by atoms with Crippen LogP contribution < -0.4 is 5.32 Å². The van der Waals surface area contributed by atoms with Gasteiger partial charge in [-0.3, -0.25) is 9.59 Å². The van der Waals surface area contributed by atoms with Crippen LogP contribution in [0.3, 0.4) is 0 Å². The van der Waals surface area contributed by atoms with E-state index in [-0.39, 0.29) is 18.5 Å². The van der Waals surface area contributed by atoms with Crippen molar-refractivity contribution >= 4 is 11.9 Å². The standard InChI is InChI=1S/C49H91NO5/c1-3-5-7-9-11-13-15-17-18-19-20-21-25-29-33-37-41-47(52)46(45-51)50-48(53)42-38-34-30-26-23-24-28-32-36-40-44-55-49(54)43-39-35-31-27-22-16-14-12-10-8-6-4-2/h12,14,24,28,37,41,46-47,51-52H,3-11,13,15-23,25-27,29-36,38-40,42-45H2,1-2H3,(H,50,53)/b14-12-,28-24-,41-37+. The molecule has 0 aromatic heterocycles. The number of aliphatic hydroxyl groups is 2. The number of esters is 1. The van der Waals surface area contributed by atoms with Crippen molar-refractivity contribution < 1.29 is 24.5 Å². The predicted molar refractivity (Wildman–Crippen MR) is 236 cm³/mol. The number of aliphatic hydroxyl groups excluding tert-OH is 2. The van der Waals surface area contributed by atoms with Crippen LogP contribution >= 0.6 is 0 Å². The van der Waals surface area contributed by atoms with E-state index in [1.807, 2.05) is 6.08 Å². The molecule has 0 aromatic rings. The lowest BCUT2D eigenvalue weighted by Crippen LogP contribution is -2.45. The Labute approximate surface area is 341 Å². The maximum Gasteiger partial charge on any atom is 0.305 e. The molecule has 0 rings (SSSR count). The molecule has 0 aliphatic rings. The highest BCUT2D eigenvalue weighted by atomic mass is 16.5. The molecule has 55 heavy (non-hydrogen) atoms. The van der Waals surface area contributed by atoms with Gasteiger partial charge in [0.15, 0.2) is 0 Å². The molecular formula is C49H91NO5. The SMILES string of the molecule is CCCCC/C=C\CCCCCCCC(=O)OCCCC/C=C\CCCCCCC(=O)NC(CO)C(O)/C=C/CCCCCCCCCCCCCCCC. The van der Waals surface area contributed by atoms with E-state index in [0.29, 0.717) is 19.4 Å². The van der Waals surface area contributed by atoms with E-state index < -0.39 is 12.1 Å². The van der Waals surface area contributed by atoms with Crippen molar-refractivity contribution in [3.63, 3.8) is 0 Å². The fourth-order valence-corrected chi connectivity index (χ4v) is 6.91. The Hall–Kier alpha value is -1.92. The summed E-state index contributed by atoms with van der Waals surface area (Å²) in [7, 11) is 0. The number of rotatable bonds is 43. The Bertz CT molecular complexity index is 900. The topological polar surface area (TPSA) is 95.9 Å². The van der Waals surface area contributed by atoms with Gasteiger partial charge in [-0.1, -0.05) is 179 Å². The molecule has 0 heterocycles. The molecule has 0 spiro atoms. The van der Waals surface area contributed by atoms with Gasteiger partial charge < -0.3 is 20.3 Å². The number of nitrogens with one attached hydrogen (secondary N) is 1. The number of ether oxygens (including phenoxy) is 1. The summed E-state index contributed by atoms with van der Waals surface area (Å²) in [5, 5.41) is 23.0. The molecule has 322 valence electrons. The summed E-state index contributed by atoms with van der Waals surface area (Å²) in [6, 6.07) is -0.653. The number of hydrogen-bond donors (Lipinski definition) is 3. The molecule has 0 aliphatic heterocycles. The number of carbonyl (C=O) groups is 2. The van der Waals surface area contributed by atoms with Crippen LogP contribution in [0.5, 0.6) is 0 Å².